The molecule has 2 aromatic carbocycles. The summed E-state index contributed by atoms with van der Waals surface area (Å²) in [5.74, 6) is -0.145. The van der Waals surface area contributed by atoms with Crippen LogP contribution in [0.4, 0.5) is 5.69 Å². The van der Waals surface area contributed by atoms with Crippen LogP contribution in [0.5, 0.6) is 0 Å². The van der Waals surface area contributed by atoms with Crippen LogP contribution in [0.1, 0.15) is 10.5 Å². The van der Waals surface area contributed by atoms with Gasteiger partial charge in [-0.2, -0.15) is 0 Å². The molecule has 0 saturated carbocycles. The summed E-state index contributed by atoms with van der Waals surface area (Å²) in [5, 5.41) is 4.91. The second kappa shape index (κ2) is 7.54. The van der Waals surface area contributed by atoms with Gasteiger partial charge in [-0.3, -0.25) is 9.20 Å². The van der Waals surface area contributed by atoms with Crippen molar-refractivity contribution in [2.75, 3.05) is 5.32 Å². The van der Waals surface area contributed by atoms with Crippen molar-refractivity contribution in [3.8, 4) is 11.3 Å². The van der Waals surface area contributed by atoms with Gasteiger partial charge in [-0.25, -0.2) is 4.98 Å². The zero-order chi connectivity index (χ0) is 20.5. The lowest BCUT2D eigenvalue weighted by atomic mass is 10.1. The molecule has 146 valence electrons. The van der Waals surface area contributed by atoms with E-state index < -0.39 is 0 Å². The zero-order valence-electron chi connectivity index (χ0n) is 15.8. The largest absolute Gasteiger partial charge is 0.362 e. The molecule has 0 aliphatic rings. The molecule has 3 aromatic heterocycles. The van der Waals surface area contributed by atoms with Crippen LogP contribution in [0.3, 0.4) is 0 Å². The third-order valence-corrected chi connectivity index (χ3v) is 5.17. The van der Waals surface area contributed by atoms with Gasteiger partial charge in [0, 0.05) is 51.8 Å². The summed E-state index contributed by atoms with van der Waals surface area (Å²) in [7, 11) is 0. The number of hydrogen-bond donors (Lipinski definition) is 2. The SMILES string of the molecule is O=C(/C=C\Nc1ccc2[nH]ccc2c1)c1c(-c2ccc(Cl)cc2)nc2ccccn12. The average Bonchev–Trinajstić information content (AvgIpc) is 3.38. The van der Waals surface area contributed by atoms with Gasteiger partial charge in [0.05, 0.1) is 0 Å². The molecule has 3 heterocycles. The smallest absolute Gasteiger partial charge is 0.206 e. The van der Waals surface area contributed by atoms with Crippen LogP contribution in [0.2, 0.25) is 5.02 Å². The molecule has 0 amide bonds. The summed E-state index contributed by atoms with van der Waals surface area (Å²) in [6.07, 6.45) is 6.92. The van der Waals surface area contributed by atoms with Crippen molar-refractivity contribution in [3.05, 3.63) is 102 Å². The highest BCUT2D eigenvalue weighted by Gasteiger charge is 2.18. The van der Waals surface area contributed by atoms with Gasteiger partial charge in [0.1, 0.15) is 17.0 Å². The van der Waals surface area contributed by atoms with Crippen LogP contribution >= 0.6 is 11.6 Å². The Hall–Kier alpha value is -3.83. The van der Waals surface area contributed by atoms with Crippen molar-refractivity contribution < 1.29 is 4.79 Å². The first kappa shape index (κ1) is 18.2. The van der Waals surface area contributed by atoms with Crippen LogP contribution < -0.4 is 5.32 Å². The number of aromatic amines is 1. The summed E-state index contributed by atoms with van der Waals surface area (Å²) in [6, 6.07) is 21.0. The number of allylic oxidation sites excluding steroid dienone is 1. The molecule has 5 rings (SSSR count). The van der Waals surface area contributed by atoms with E-state index in [2.05, 4.69) is 15.3 Å². The van der Waals surface area contributed by atoms with E-state index in [1.54, 1.807) is 18.3 Å². The maximum Gasteiger partial charge on any atom is 0.206 e. The molecule has 0 spiro atoms. The molecule has 5 nitrogen and oxygen atoms in total. The molecule has 0 radical (unpaired) electrons. The number of aromatic nitrogens is 3. The summed E-state index contributed by atoms with van der Waals surface area (Å²) in [5.41, 5.74) is 4.66. The maximum atomic E-state index is 13.1. The molecule has 2 N–H and O–H groups in total. The van der Waals surface area contributed by atoms with Crippen molar-refractivity contribution >= 4 is 39.6 Å². The number of carbonyl (C=O) groups excluding carboxylic acids is 1. The third-order valence-electron chi connectivity index (χ3n) is 4.92. The summed E-state index contributed by atoms with van der Waals surface area (Å²) in [4.78, 5) is 21.0. The monoisotopic (exact) mass is 412 g/mol. The van der Waals surface area contributed by atoms with Crippen LogP contribution in [0.15, 0.2) is 91.4 Å². The molecule has 6 heteroatoms. The number of rotatable bonds is 5. The highest BCUT2D eigenvalue weighted by atomic mass is 35.5. The predicted molar refractivity (Wildman–Crippen MR) is 121 cm³/mol. The molecule has 0 unspecified atom stereocenters. The second-order valence-electron chi connectivity index (χ2n) is 6.87. The molecule has 30 heavy (non-hydrogen) atoms. The first-order chi connectivity index (χ1) is 14.7. The number of imidazole rings is 1. The summed E-state index contributed by atoms with van der Waals surface area (Å²) in [6.45, 7) is 0. The Morgan fingerprint density at radius 2 is 1.93 bits per heavy atom. The number of pyridine rings is 1. The minimum absolute atomic E-state index is 0.145. The number of halogens is 1. The van der Waals surface area contributed by atoms with Crippen LogP contribution in [-0.2, 0) is 0 Å². The second-order valence-corrected chi connectivity index (χ2v) is 7.30. The quantitative estimate of drug-likeness (QED) is 0.277. The fraction of sp³-hybridized carbons (Fsp3) is 0. The molecule has 0 saturated heterocycles. The van der Waals surface area contributed by atoms with E-state index in [0.717, 1.165) is 22.2 Å². The number of nitrogens with one attached hydrogen (secondary N) is 2. The Labute approximate surface area is 177 Å². The molecule has 0 bridgehead atoms. The van der Waals surface area contributed by atoms with Crippen molar-refractivity contribution in [3.63, 3.8) is 0 Å². The van der Waals surface area contributed by atoms with Crippen molar-refractivity contribution in [2.24, 2.45) is 0 Å². The van der Waals surface area contributed by atoms with Gasteiger partial charge in [0.25, 0.3) is 0 Å². The van der Waals surface area contributed by atoms with Crippen LogP contribution in [0, 0.1) is 0 Å². The summed E-state index contributed by atoms with van der Waals surface area (Å²) >= 11 is 6.02. The van der Waals surface area contributed by atoms with Crippen molar-refractivity contribution in [1.82, 2.24) is 14.4 Å². The Bertz CT molecular complexity index is 1400. The Kier molecular flexibility index (Phi) is 4.58. The number of H-pyrrole nitrogens is 1. The minimum atomic E-state index is -0.145. The molecule has 5 aromatic rings. The van der Waals surface area contributed by atoms with Gasteiger partial charge in [0.15, 0.2) is 0 Å². The van der Waals surface area contributed by atoms with E-state index in [-0.39, 0.29) is 5.78 Å². The molecule has 0 atom stereocenters. The summed E-state index contributed by atoms with van der Waals surface area (Å²) < 4.78 is 1.81. The van der Waals surface area contributed by atoms with Crippen molar-refractivity contribution in [1.29, 1.82) is 0 Å². The van der Waals surface area contributed by atoms with Gasteiger partial charge in [-0.05, 0) is 48.5 Å². The molecule has 0 aliphatic carbocycles. The lowest BCUT2D eigenvalue weighted by Crippen LogP contribution is -2.03. The van der Waals surface area contributed by atoms with Crippen molar-refractivity contribution in [2.45, 2.75) is 0 Å². The van der Waals surface area contributed by atoms with Gasteiger partial charge in [0.2, 0.25) is 5.78 Å². The highest BCUT2D eigenvalue weighted by Crippen LogP contribution is 2.26. The maximum absolute atomic E-state index is 13.1. The standard InChI is InChI=1S/C24H17ClN4O/c25-18-6-4-16(5-7-18)23-24(29-14-2-1-3-22(29)28-23)21(30)11-13-26-19-8-9-20-17(15-19)10-12-27-20/h1-15,26-27H/b13-11-. The van der Waals surface area contributed by atoms with E-state index in [9.17, 15) is 4.79 Å². The molecular formula is C24H17ClN4O. The first-order valence-electron chi connectivity index (χ1n) is 9.47. The Balaban J connectivity index is 1.48. The Morgan fingerprint density at radius 3 is 2.80 bits per heavy atom. The number of fused-ring (bicyclic) bond motifs is 2. The lowest BCUT2D eigenvalue weighted by Gasteiger charge is -2.03. The number of benzene rings is 2. The predicted octanol–water partition coefficient (Wildman–Crippen LogP) is 5.94. The fourth-order valence-corrected chi connectivity index (χ4v) is 3.60. The molecule has 0 fully saturated rings. The van der Waals surface area contributed by atoms with Crippen LogP contribution in [-0.4, -0.2) is 20.2 Å². The van der Waals surface area contributed by atoms with Gasteiger partial charge < -0.3 is 10.3 Å². The lowest BCUT2D eigenvalue weighted by molar-refractivity contribution is 0.104. The zero-order valence-corrected chi connectivity index (χ0v) is 16.6. The van der Waals surface area contributed by atoms with E-state index in [0.29, 0.717) is 22.1 Å². The van der Waals surface area contributed by atoms with E-state index in [1.807, 2.05) is 71.4 Å². The molecule has 0 aliphatic heterocycles. The number of anilines is 1. The first-order valence-corrected chi connectivity index (χ1v) is 9.84. The fourth-order valence-electron chi connectivity index (χ4n) is 3.48. The molecular weight excluding hydrogens is 396 g/mol. The van der Waals surface area contributed by atoms with Gasteiger partial charge >= 0.3 is 0 Å². The third kappa shape index (κ3) is 3.36. The van der Waals surface area contributed by atoms with E-state index in [1.165, 1.54) is 6.08 Å². The number of hydrogen-bond acceptors (Lipinski definition) is 3. The van der Waals surface area contributed by atoms with Crippen LogP contribution in [0.25, 0.3) is 27.8 Å². The number of nitrogens with zero attached hydrogens (tertiary/aromatic N) is 2. The average molecular weight is 413 g/mol. The number of carbonyl (C=O) groups is 1. The topological polar surface area (TPSA) is 62.2 Å². The minimum Gasteiger partial charge on any atom is -0.362 e. The van der Waals surface area contributed by atoms with Gasteiger partial charge in [-0.1, -0.05) is 29.8 Å². The van der Waals surface area contributed by atoms with E-state index >= 15 is 0 Å². The Morgan fingerprint density at radius 1 is 1.07 bits per heavy atom. The van der Waals surface area contributed by atoms with E-state index in [4.69, 9.17) is 11.6 Å². The normalized spacial score (nSPS) is 11.5. The number of ketones is 1. The highest BCUT2D eigenvalue weighted by molar-refractivity contribution is 6.30. The van der Waals surface area contributed by atoms with Gasteiger partial charge in [-0.15, -0.1) is 0 Å².